The number of aliphatic imine (C=N–C) groups is 1. The third-order valence-corrected chi connectivity index (χ3v) is 4.14. The molecule has 1 heterocycles. The summed E-state index contributed by atoms with van der Waals surface area (Å²) < 4.78 is 5.57. The van der Waals surface area contributed by atoms with Crippen molar-refractivity contribution >= 4 is 16.9 Å². The molecular formula is C12H22N2OS. The van der Waals surface area contributed by atoms with Crippen LogP contribution >= 0.6 is 11.8 Å². The fraction of sp³-hybridized carbons (Fsp3) is 0.917. The predicted octanol–water partition coefficient (Wildman–Crippen LogP) is 2.27. The maximum Gasteiger partial charge on any atom is 0.157 e. The molecule has 1 aliphatic carbocycles. The second-order valence-corrected chi connectivity index (χ2v) is 6.32. The quantitative estimate of drug-likeness (QED) is 0.725. The molecular weight excluding hydrogens is 220 g/mol. The SMILES string of the molecule is CC1(C)CSC(=NCCCOCC2CC2)N1. The van der Waals surface area contributed by atoms with Crippen molar-refractivity contribution in [2.75, 3.05) is 25.5 Å². The number of hydrogen-bond acceptors (Lipinski definition) is 3. The molecule has 1 N–H and O–H groups in total. The lowest BCUT2D eigenvalue weighted by atomic mass is 10.1. The molecule has 0 atom stereocenters. The molecule has 1 saturated carbocycles. The summed E-state index contributed by atoms with van der Waals surface area (Å²) in [5, 5.41) is 4.53. The Morgan fingerprint density at radius 3 is 2.94 bits per heavy atom. The van der Waals surface area contributed by atoms with Crippen LogP contribution < -0.4 is 5.32 Å². The molecule has 0 unspecified atom stereocenters. The first-order chi connectivity index (χ1) is 7.66. The maximum absolute atomic E-state index is 5.57. The van der Waals surface area contributed by atoms with Gasteiger partial charge in [-0.3, -0.25) is 4.99 Å². The minimum atomic E-state index is 0.214. The molecule has 16 heavy (non-hydrogen) atoms. The Balaban J connectivity index is 1.51. The molecule has 3 nitrogen and oxygen atoms in total. The van der Waals surface area contributed by atoms with E-state index in [0.717, 1.165) is 43.0 Å². The van der Waals surface area contributed by atoms with E-state index in [9.17, 15) is 0 Å². The number of thioether (sulfide) groups is 1. The van der Waals surface area contributed by atoms with E-state index in [0.29, 0.717) is 0 Å². The Hall–Kier alpha value is -0.220. The first kappa shape index (κ1) is 12.2. The largest absolute Gasteiger partial charge is 0.381 e. The highest BCUT2D eigenvalue weighted by atomic mass is 32.2. The van der Waals surface area contributed by atoms with E-state index in [2.05, 4.69) is 24.2 Å². The average Bonchev–Trinajstić information content (AvgIpc) is 2.97. The second kappa shape index (κ2) is 5.41. The van der Waals surface area contributed by atoms with Crippen LogP contribution in [0, 0.1) is 5.92 Å². The van der Waals surface area contributed by atoms with Crippen molar-refractivity contribution in [2.24, 2.45) is 10.9 Å². The van der Waals surface area contributed by atoms with Gasteiger partial charge in [0, 0.05) is 31.1 Å². The van der Waals surface area contributed by atoms with Gasteiger partial charge in [-0.1, -0.05) is 11.8 Å². The molecule has 1 aliphatic heterocycles. The van der Waals surface area contributed by atoms with Crippen LogP contribution in [0.4, 0.5) is 0 Å². The number of ether oxygens (including phenoxy) is 1. The van der Waals surface area contributed by atoms with E-state index in [-0.39, 0.29) is 5.54 Å². The Labute approximate surface area is 102 Å². The zero-order valence-corrected chi connectivity index (χ0v) is 11.1. The molecule has 0 aromatic carbocycles. The lowest BCUT2D eigenvalue weighted by Crippen LogP contribution is -2.36. The number of hydrogen-bond donors (Lipinski definition) is 1. The Morgan fingerprint density at radius 2 is 2.31 bits per heavy atom. The van der Waals surface area contributed by atoms with E-state index >= 15 is 0 Å². The molecule has 4 heteroatoms. The van der Waals surface area contributed by atoms with Gasteiger partial charge in [0.05, 0.1) is 0 Å². The van der Waals surface area contributed by atoms with Crippen LogP contribution in [0.3, 0.4) is 0 Å². The summed E-state index contributed by atoms with van der Waals surface area (Å²) in [7, 11) is 0. The second-order valence-electron chi connectivity index (χ2n) is 5.36. The van der Waals surface area contributed by atoms with E-state index in [1.165, 1.54) is 12.8 Å². The minimum Gasteiger partial charge on any atom is -0.381 e. The zero-order valence-electron chi connectivity index (χ0n) is 10.3. The lowest BCUT2D eigenvalue weighted by molar-refractivity contribution is 0.123. The number of nitrogens with zero attached hydrogens (tertiary/aromatic N) is 1. The first-order valence-corrected chi connectivity index (χ1v) is 7.17. The Morgan fingerprint density at radius 1 is 1.50 bits per heavy atom. The molecule has 0 radical (unpaired) electrons. The van der Waals surface area contributed by atoms with Gasteiger partial charge in [0.15, 0.2) is 5.17 Å². The summed E-state index contributed by atoms with van der Waals surface area (Å²) in [6.07, 6.45) is 3.79. The fourth-order valence-corrected chi connectivity index (χ4v) is 2.68. The van der Waals surface area contributed by atoms with Crippen molar-refractivity contribution < 1.29 is 4.74 Å². The molecule has 2 rings (SSSR count). The Kier molecular flexibility index (Phi) is 4.14. The molecule has 2 aliphatic rings. The summed E-state index contributed by atoms with van der Waals surface area (Å²) >= 11 is 1.83. The highest BCUT2D eigenvalue weighted by molar-refractivity contribution is 8.14. The van der Waals surface area contributed by atoms with E-state index in [4.69, 9.17) is 4.74 Å². The zero-order chi connectivity index (χ0) is 11.4. The molecule has 92 valence electrons. The molecule has 0 amide bonds. The lowest BCUT2D eigenvalue weighted by Gasteiger charge is -2.15. The third kappa shape index (κ3) is 4.34. The van der Waals surface area contributed by atoms with Crippen molar-refractivity contribution in [3.63, 3.8) is 0 Å². The van der Waals surface area contributed by atoms with E-state index < -0.39 is 0 Å². The standard InChI is InChI=1S/C12H22N2OS/c1-12(2)9-16-11(14-12)13-6-3-7-15-8-10-4-5-10/h10H,3-9H2,1-2H3,(H,13,14). The predicted molar refractivity (Wildman–Crippen MR) is 70.1 cm³/mol. The fourth-order valence-electron chi connectivity index (χ4n) is 1.58. The third-order valence-electron chi connectivity index (χ3n) is 2.77. The van der Waals surface area contributed by atoms with Crippen LogP contribution in [0.2, 0.25) is 0 Å². The first-order valence-electron chi connectivity index (χ1n) is 6.19. The van der Waals surface area contributed by atoms with E-state index in [1.807, 2.05) is 11.8 Å². The van der Waals surface area contributed by atoms with Gasteiger partial charge in [0.2, 0.25) is 0 Å². The molecule has 0 aromatic heterocycles. The van der Waals surface area contributed by atoms with Crippen molar-refractivity contribution in [3.05, 3.63) is 0 Å². The molecule has 0 spiro atoms. The van der Waals surface area contributed by atoms with Gasteiger partial charge < -0.3 is 10.1 Å². The maximum atomic E-state index is 5.57. The van der Waals surface area contributed by atoms with Gasteiger partial charge in [-0.2, -0.15) is 0 Å². The van der Waals surface area contributed by atoms with Crippen molar-refractivity contribution in [2.45, 2.75) is 38.6 Å². The van der Waals surface area contributed by atoms with Crippen LogP contribution in [-0.4, -0.2) is 36.2 Å². The number of rotatable bonds is 6. The Bertz CT molecular complexity index is 262. The highest BCUT2D eigenvalue weighted by Crippen LogP contribution is 2.28. The van der Waals surface area contributed by atoms with Crippen LogP contribution in [0.1, 0.15) is 33.1 Å². The van der Waals surface area contributed by atoms with Crippen LogP contribution in [0.5, 0.6) is 0 Å². The summed E-state index contributed by atoms with van der Waals surface area (Å²) in [6, 6.07) is 0. The monoisotopic (exact) mass is 242 g/mol. The van der Waals surface area contributed by atoms with Gasteiger partial charge in [0.1, 0.15) is 0 Å². The summed E-state index contributed by atoms with van der Waals surface area (Å²) in [4.78, 5) is 4.54. The average molecular weight is 242 g/mol. The molecule has 2 fully saturated rings. The number of amidine groups is 1. The van der Waals surface area contributed by atoms with Crippen molar-refractivity contribution in [1.82, 2.24) is 5.32 Å². The van der Waals surface area contributed by atoms with Gasteiger partial charge in [-0.15, -0.1) is 0 Å². The van der Waals surface area contributed by atoms with Gasteiger partial charge >= 0.3 is 0 Å². The van der Waals surface area contributed by atoms with Crippen LogP contribution in [0.25, 0.3) is 0 Å². The summed E-state index contributed by atoms with van der Waals surface area (Å²) in [5.74, 6) is 1.99. The summed E-state index contributed by atoms with van der Waals surface area (Å²) in [5.41, 5.74) is 0.214. The highest BCUT2D eigenvalue weighted by Gasteiger charge is 2.26. The summed E-state index contributed by atoms with van der Waals surface area (Å²) in [6.45, 7) is 7.14. The molecule has 1 saturated heterocycles. The van der Waals surface area contributed by atoms with Crippen LogP contribution in [-0.2, 0) is 4.74 Å². The van der Waals surface area contributed by atoms with Crippen LogP contribution in [0.15, 0.2) is 4.99 Å². The van der Waals surface area contributed by atoms with Crippen molar-refractivity contribution in [1.29, 1.82) is 0 Å². The minimum absolute atomic E-state index is 0.214. The smallest absolute Gasteiger partial charge is 0.157 e. The normalized spacial score (nSPS) is 26.0. The van der Waals surface area contributed by atoms with Gasteiger partial charge in [-0.05, 0) is 39.0 Å². The topological polar surface area (TPSA) is 33.6 Å². The van der Waals surface area contributed by atoms with Crippen molar-refractivity contribution in [3.8, 4) is 0 Å². The molecule has 0 aromatic rings. The number of nitrogens with one attached hydrogen (secondary N) is 1. The molecule has 0 bridgehead atoms. The van der Waals surface area contributed by atoms with Gasteiger partial charge in [-0.25, -0.2) is 0 Å². The van der Waals surface area contributed by atoms with E-state index in [1.54, 1.807) is 0 Å². The van der Waals surface area contributed by atoms with Gasteiger partial charge in [0.25, 0.3) is 0 Å².